The van der Waals surface area contributed by atoms with Crippen LogP contribution in [0.5, 0.6) is 17.2 Å². The summed E-state index contributed by atoms with van der Waals surface area (Å²) in [6.45, 7) is 0. The van der Waals surface area contributed by atoms with Crippen molar-refractivity contribution >= 4 is 17.7 Å². The van der Waals surface area contributed by atoms with Gasteiger partial charge >= 0.3 is 0 Å². The molecule has 0 bridgehead atoms. The van der Waals surface area contributed by atoms with E-state index in [2.05, 4.69) is 5.32 Å². The summed E-state index contributed by atoms with van der Waals surface area (Å²) in [7, 11) is 4.56. The van der Waals surface area contributed by atoms with E-state index < -0.39 is 0 Å². The van der Waals surface area contributed by atoms with E-state index in [0.717, 1.165) is 0 Å². The van der Waals surface area contributed by atoms with Gasteiger partial charge in [-0.15, -0.1) is 0 Å². The van der Waals surface area contributed by atoms with Crippen molar-refractivity contribution in [2.45, 2.75) is 0 Å². The van der Waals surface area contributed by atoms with Crippen molar-refractivity contribution in [3.63, 3.8) is 0 Å². The molecule has 2 rings (SSSR count). The molecule has 0 spiro atoms. The van der Waals surface area contributed by atoms with Gasteiger partial charge in [0.05, 0.1) is 21.3 Å². The maximum atomic E-state index is 12.8. The molecule has 0 saturated heterocycles. The highest BCUT2D eigenvalue weighted by atomic mass is 19.1. The summed E-state index contributed by atoms with van der Waals surface area (Å²) in [5, 5.41) is 2.64. The summed E-state index contributed by atoms with van der Waals surface area (Å²) >= 11 is 0. The van der Waals surface area contributed by atoms with Gasteiger partial charge in [-0.05, 0) is 48.0 Å². The number of nitrogens with one attached hydrogen (secondary N) is 1. The van der Waals surface area contributed by atoms with E-state index in [0.29, 0.717) is 28.5 Å². The zero-order chi connectivity index (χ0) is 17.5. The van der Waals surface area contributed by atoms with Gasteiger partial charge in [0.1, 0.15) is 5.82 Å². The molecule has 5 nitrogen and oxygen atoms in total. The summed E-state index contributed by atoms with van der Waals surface area (Å²) in [5.41, 5.74) is 1.22. The zero-order valence-electron chi connectivity index (χ0n) is 13.6. The molecule has 24 heavy (non-hydrogen) atoms. The monoisotopic (exact) mass is 331 g/mol. The summed E-state index contributed by atoms with van der Waals surface area (Å²) in [5.74, 6) is 0.773. The average Bonchev–Trinajstić information content (AvgIpc) is 2.60. The van der Waals surface area contributed by atoms with Crippen molar-refractivity contribution in [2.24, 2.45) is 0 Å². The molecule has 0 aliphatic rings. The van der Waals surface area contributed by atoms with Gasteiger partial charge in [0.25, 0.3) is 0 Å². The normalized spacial score (nSPS) is 10.5. The summed E-state index contributed by atoms with van der Waals surface area (Å²) < 4.78 is 28.6. The van der Waals surface area contributed by atoms with Crippen molar-refractivity contribution in [3.8, 4) is 17.2 Å². The highest BCUT2D eigenvalue weighted by Crippen LogP contribution is 2.38. The number of hydrogen-bond acceptors (Lipinski definition) is 4. The average molecular weight is 331 g/mol. The quantitative estimate of drug-likeness (QED) is 0.823. The van der Waals surface area contributed by atoms with Crippen molar-refractivity contribution < 1.29 is 23.4 Å². The molecular weight excluding hydrogens is 313 g/mol. The first-order valence-electron chi connectivity index (χ1n) is 7.12. The van der Waals surface area contributed by atoms with Gasteiger partial charge in [0.2, 0.25) is 11.7 Å². The van der Waals surface area contributed by atoms with Gasteiger partial charge < -0.3 is 19.5 Å². The van der Waals surface area contributed by atoms with Crippen LogP contribution in [0, 0.1) is 5.82 Å². The number of amides is 1. The third kappa shape index (κ3) is 4.25. The number of anilines is 1. The molecule has 0 aromatic heterocycles. The summed E-state index contributed by atoms with van der Waals surface area (Å²) in [4.78, 5) is 11.9. The van der Waals surface area contributed by atoms with E-state index in [9.17, 15) is 9.18 Å². The predicted octanol–water partition coefficient (Wildman–Crippen LogP) is 3.50. The van der Waals surface area contributed by atoms with E-state index >= 15 is 0 Å². The highest BCUT2D eigenvalue weighted by Gasteiger charge is 2.12. The number of rotatable bonds is 6. The van der Waals surface area contributed by atoms with Crippen LogP contribution in [0.25, 0.3) is 6.08 Å². The fourth-order valence-electron chi connectivity index (χ4n) is 2.09. The first-order valence-corrected chi connectivity index (χ1v) is 7.12. The highest BCUT2D eigenvalue weighted by molar-refractivity contribution is 6.02. The number of carbonyl (C=O) groups excluding carboxylic acids is 1. The molecule has 0 saturated carbocycles. The number of hydrogen-bond donors (Lipinski definition) is 1. The molecule has 0 unspecified atom stereocenters. The number of carbonyl (C=O) groups is 1. The Morgan fingerprint density at radius 1 is 1.00 bits per heavy atom. The molecule has 0 aliphatic carbocycles. The van der Waals surface area contributed by atoms with Crippen molar-refractivity contribution in [3.05, 3.63) is 53.9 Å². The molecule has 1 N–H and O–H groups in total. The second kappa shape index (κ2) is 8.01. The van der Waals surface area contributed by atoms with Gasteiger partial charge in [0.15, 0.2) is 11.5 Å². The Morgan fingerprint density at radius 3 is 2.08 bits per heavy atom. The van der Waals surface area contributed by atoms with Crippen LogP contribution >= 0.6 is 0 Å². The third-order valence-electron chi connectivity index (χ3n) is 3.23. The fraction of sp³-hybridized carbons (Fsp3) is 0.167. The molecule has 0 atom stereocenters. The minimum Gasteiger partial charge on any atom is -0.493 e. The van der Waals surface area contributed by atoms with E-state index in [1.807, 2.05) is 0 Å². The lowest BCUT2D eigenvalue weighted by Crippen LogP contribution is -2.07. The van der Waals surface area contributed by atoms with Crippen molar-refractivity contribution in [2.75, 3.05) is 26.6 Å². The van der Waals surface area contributed by atoms with Crippen LogP contribution in [-0.4, -0.2) is 27.2 Å². The standard InChI is InChI=1S/C18H18FNO4/c1-22-15-10-12(11-16(23-2)18(15)24-3)4-9-17(21)20-14-7-5-13(19)6-8-14/h4-11H,1-3H3,(H,20,21). The van der Waals surface area contributed by atoms with Gasteiger partial charge in [0, 0.05) is 11.8 Å². The van der Waals surface area contributed by atoms with Crippen LogP contribution in [0.1, 0.15) is 5.56 Å². The van der Waals surface area contributed by atoms with Crippen molar-refractivity contribution in [1.82, 2.24) is 0 Å². The molecule has 0 fully saturated rings. The molecule has 1 amide bonds. The Labute approximate surface area is 139 Å². The Hall–Kier alpha value is -3.02. The Morgan fingerprint density at radius 2 is 1.58 bits per heavy atom. The van der Waals surface area contributed by atoms with Gasteiger partial charge in [-0.25, -0.2) is 4.39 Å². The van der Waals surface area contributed by atoms with Gasteiger partial charge in [-0.3, -0.25) is 4.79 Å². The molecule has 126 valence electrons. The molecule has 2 aromatic rings. The minimum absolute atomic E-state index is 0.338. The zero-order valence-corrected chi connectivity index (χ0v) is 13.6. The van der Waals surface area contributed by atoms with Crippen LogP contribution in [0.4, 0.5) is 10.1 Å². The lowest BCUT2D eigenvalue weighted by molar-refractivity contribution is -0.111. The molecule has 6 heteroatoms. The van der Waals surface area contributed by atoms with Crippen LogP contribution in [0.2, 0.25) is 0 Å². The molecule has 0 aliphatic heterocycles. The number of methoxy groups -OCH3 is 3. The smallest absolute Gasteiger partial charge is 0.248 e. The Bertz CT molecular complexity index is 716. The Balaban J connectivity index is 2.15. The molecule has 0 heterocycles. The van der Waals surface area contributed by atoms with Crippen molar-refractivity contribution in [1.29, 1.82) is 0 Å². The minimum atomic E-state index is -0.360. The molecule has 0 radical (unpaired) electrons. The van der Waals surface area contributed by atoms with E-state index in [-0.39, 0.29) is 11.7 Å². The molecule has 2 aromatic carbocycles. The number of benzene rings is 2. The van der Waals surface area contributed by atoms with Crippen LogP contribution in [-0.2, 0) is 4.79 Å². The van der Waals surface area contributed by atoms with Gasteiger partial charge in [-0.2, -0.15) is 0 Å². The SMILES string of the molecule is COc1cc(C=CC(=O)Nc2ccc(F)cc2)cc(OC)c1OC. The first-order chi connectivity index (χ1) is 11.6. The number of halogens is 1. The fourth-order valence-corrected chi connectivity index (χ4v) is 2.09. The predicted molar refractivity (Wildman–Crippen MR) is 90.2 cm³/mol. The lowest BCUT2D eigenvalue weighted by atomic mass is 10.1. The molecular formula is C18H18FNO4. The summed E-state index contributed by atoms with van der Waals surface area (Å²) in [6.07, 6.45) is 2.98. The topological polar surface area (TPSA) is 56.8 Å². The van der Waals surface area contributed by atoms with E-state index in [1.54, 1.807) is 18.2 Å². The van der Waals surface area contributed by atoms with E-state index in [4.69, 9.17) is 14.2 Å². The van der Waals surface area contributed by atoms with Crippen LogP contribution in [0.3, 0.4) is 0 Å². The maximum Gasteiger partial charge on any atom is 0.248 e. The maximum absolute atomic E-state index is 12.8. The number of ether oxygens (including phenoxy) is 3. The van der Waals surface area contributed by atoms with Crippen LogP contribution < -0.4 is 19.5 Å². The second-order valence-corrected chi connectivity index (χ2v) is 4.79. The van der Waals surface area contributed by atoms with Gasteiger partial charge in [-0.1, -0.05) is 0 Å². The second-order valence-electron chi connectivity index (χ2n) is 4.79. The first kappa shape index (κ1) is 17.3. The Kier molecular flexibility index (Phi) is 5.78. The lowest BCUT2D eigenvalue weighted by Gasteiger charge is -2.12. The largest absolute Gasteiger partial charge is 0.493 e. The summed E-state index contributed by atoms with van der Waals surface area (Å²) in [6, 6.07) is 8.98. The van der Waals surface area contributed by atoms with E-state index in [1.165, 1.54) is 51.7 Å². The third-order valence-corrected chi connectivity index (χ3v) is 3.23. The van der Waals surface area contributed by atoms with Crippen LogP contribution in [0.15, 0.2) is 42.5 Å².